The van der Waals surface area contributed by atoms with Gasteiger partial charge in [-0.2, -0.15) is 0 Å². The van der Waals surface area contributed by atoms with Crippen molar-refractivity contribution in [3.63, 3.8) is 0 Å². The second-order valence-corrected chi connectivity index (χ2v) is 5.95. The van der Waals surface area contributed by atoms with Crippen LogP contribution in [0.25, 0.3) is 0 Å². The minimum Gasteiger partial charge on any atom is -0.351 e. The molecule has 2 rings (SSSR count). The average molecular weight is 302 g/mol. The third-order valence-corrected chi connectivity index (χ3v) is 4.07. The van der Waals surface area contributed by atoms with Gasteiger partial charge in [0.15, 0.2) is 0 Å². The van der Waals surface area contributed by atoms with Gasteiger partial charge in [-0.1, -0.05) is 37.3 Å². The fourth-order valence-corrected chi connectivity index (χ4v) is 2.80. The van der Waals surface area contributed by atoms with Crippen LogP contribution in [0.15, 0.2) is 42.5 Å². The van der Waals surface area contributed by atoms with Crippen LogP contribution in [-0.4, -0.2) is 18.4 Å². The first kappa shape index (κ1) is 15.3. The molecule has 0 spiro atoms. The van der Waals surface area contributed by atoms with Crippen LogP contribution in [0, 0.1) is 0 Å². The van der Waals surface area contributed by atoms with Crippen LogP contribution in [0.3, 0.4) is 0 Å². The molecule has 4 nitrogen and oxygen atoms in total. The van der Waals surface area contributed by atoms with Gasteiger partial charge >= 0.3 is 0 Å². The van der Waals surface area contributed by atoms with Crippen LogP contribution in [0.4, 0.5) is 5.00 Å². The van der Waals surface area contributed by atoms with E-state index in [4.69, 9.17) is 0 Å². The highest BCUT2D eigenvalue weighted by Crippen LogP contribution is 2.22. The first-order chi connectivity index (χ1) is 10.1. The molecule has 1 atom stereocenters. The summed E-state index contributed by atoms with van der Waals surface area (Å²) in [6.07, 6.45) is 0. The summed E-state index contributed by atoms with van der Waals surface area (Å²) in [5.41, 5.74) is 1.20. The molecule has 0 bridgehead atoms. The van der Waals surface area contributed by atoms with Gasteiger partial charge in [0, 0.05) is 13.5 Å². The molecule has 1 aromatic heterocycles. The quantitative estimate of drug-likeness (QED) is 0.891. The predicted molar refractivity (Wildman–Crippen MR) is 85.8 cm³/mol. The highest BCUT2D eigenvalue weighted by atomic mass is 32.1. The SMILES string of the molecule is CC(=O)Nc1ccc(C(=O)NC[C@@H](C)c2ccccc2)s1. The molecule has 2 amide bonds. The zero-order valence-corrected chi connectivity index (χ0v) is 12.9. The van der Waals surface area contributed by atoms with Crippen molar-refractivity contribution in [2.24, 2.45) is 0 Å². The molecule has 1 aromatic carbocycles. The molecular formula is C16H18N2O2S. The van der Waals surface area contributed by atoms with Gasteiger partial charge in [-0.25, -0.2) is 0 Å². The number of thiophene rings is 1. The lowest BCUT2D eigenvalue weighted by atomic mass is 10.0. The van der Waals surface area contributed by atoms with Gasteiger partial charge in [0.05, 0.1) is 9.88 Å². The summed E-state index contributed by atoms with van der Waals surface area (Å²) in [5, 5.41) is 6.28. The summed E-state index contributed by atoms with van der Waals surface area (Å²) in [6.45, 7) is 4.10. The Morgan fingerprint density at radius 3 is 2.52 bits per heavy atom. The number of carbonyl (C=O) groups is 2. The van der Waals surface area contributed by atoms with E-state index in [1.165, 1.54) is 23.8 Å². The second-order valence-electron chi connectivity index (χ2n) is 4.87. The number of hydrogen-bond acceptors (Lipinski definition) is 3. The minimum absolute atomic E-state index is 0.112. The highest BCUT2D eigenvalue weighted by molar-refractivity contribution is 7.18. The molecule has 21 heavy (non-hydrogen) atoms. The van der Waals surface area contributed by atoms with Crippen LogP contribution in [0.2, 0.25) is 0 Å². The molecule has 2 N–H and O–H groups in total. The van der Waals surface area contributed by atoms with Gasteiger partial charge in [-0.05, 0) is 23.6 Å². The van der Waals surface area contributed by atoms with E-state index in [-0.39, 0.29) is 17.7 Å². The van der Waals surface area contributed by atoms with E-state index in [1.54, 1.807) is 12.1 Å². The number of hydrogen-bond donors (Lipinski definition) is 2. The highest BCUT2D eigenvalue weighted by Gasteiger charge is 2.12. The third kappa shape index (κ3) is 4.43. The van der Waals surface area contributed by atoms with E-state index in [1.807, 2.05) is 18.2 Å². The summed E-state index contributed by atoms with van der Waals surface area (Å²) >= 11 is 1.27. The van der Waals surface area contributed by atoms with Crippen LogP contribution >= 0.6 is 11.3 Å². The van der Waals surface area contributed by atoms with Gasteiger partial charge in [0.1, 0.15) is 0 Å². The first-order valence-electron chi connectivity index (χ1n) is 6.77. The largest absolute Gasteiger partial charge is 0.351 e. The second kappa shape index (κ2) is 7.04. The molecule has 2 aromatic rings. The van der Waals surface area contributed by atoms with Crippen LogP contribution in [0.5, 0.6) is 0 Å². The maximum Gasteiger partial charge on any atom is 0.261 e. The fraction of sp³-hybridized carbons (Fsp3) is 0.250. The summed E-state index contributed by atoms with van der Waals surface area (Å²) < 4.78 is 0. The smallest absolute Gasteiger partial charge is 0.261 e. The molecule has 1 heterocycles. The van der Waals surface area contributed by atoms with Gasteiger partial charge in [-0.3, -0.25) is 9.59 Å². The lowest BCUT2D eigenvalue weighted by Crippen LogP contribution is -2.26. The van der Waals surface area contributed by atoms with Gasteiger partial charge in [-0.15, -0.1) is 11.3 Å². The maximum atomic E-state index is 12.1. The Kier molecular flexibility index (Phi) is 5.11. The number of rotatable bonds is 5. The number of nitrogens with one attached hydrogen (secondary N) is 2. The normalized spacial score (nSPS) is 11.7. The van der Waals surface area contributed by atoms with Gasteiger partial charge < -0.3 is 10.6 Å². The molecule has 110 valence electrons. The number of amides is 2. The topological polar surface area (TPSA) is 58.2 Å². The van der Waals surface area contributed by atoms with E-state index >= 15 is 0 Å². The average Bonchev–Trinajstić information content (AvgIpc) is 2.93. The van der Waals surface area contributed by atoms with Crippen molar-refractivity contribution in [2.75, 3.05) is 11.9 Å². The van der Waals surface area contributed by atoms with Crippen molar-refractivity contribution >= 4 is 28.2 Å². The summed E-state index contributed by atoms with van der Waals surface area (Å²) in [5.74, 6) is 0.00539. The summed E-state index contributed by atoms with van der Waals surface area (Å²) in [4.78, 5) is 23.6. The Labute approximate surface area is 128 Å². The van der Waals surface area contributed by atoms with Crippen molar-refractivity contribution < 1.29 is 9.59 Å². The molecule has 0 aliphatic carbocycles. The summed E-state index contributed by atoms with van der Waals surface area (Å²) in [6, 6.07) is 13.5. The third-order valence-electron chi connectivity index (χ3n) is 3.07. The van der Waals surface area contributed by atoms with E-state index in [9.17, 15) is 9.59 Å². The molecule has 0 aliphatic heterocycles. The Morgan fingerprint density at radius 1 is 1.14 bits per heavy atom. The van der Waals surface area contributed by atoms with E-state index in [2.05, 4.69) is 29.7 Å². The number of anilines is 1. The van der Waals surface area contributed by atoms with Crippen molar-refractivity contribution in [3.8, 4) is 0 Å². The Bertz CT molecular complexity index is 622. The van der Waals surface area contributed by atoms with Crippen molar-refractivity contribution in [1.29, 1.82) is 0 Å². The summed E-state index contributed by atoms with van der Waals surface area (Å²) in [7, 11) is 0. The molecular weight excluding hydrogens is 284 g/mol. The Hall–Kier alpha value is -2.14. The van der Waals surface area contributed by atoms with E-state index in [0.29, 0.717) is 16.4 Å². The van der Waals surface area contributed by atoms with Crippen molar-refractivity contribution in [1.82, 2.24) is 5.32 Å². The van der Waals surface area contributed by atoms with E-state index < -0.39 is 0 Å². The monoisotopic (exact) mass is 302 g/mol. The van der Waals surface area contributed by atoms with Crippen molar-refractivity contribution in [3.05, 3.63) is 52.9 Å². The molecule has 0 fully saturated rings. The number of benzene rings is 1. The Morgan fingerprint density at radius 2 is 1.86 bits per heavy atom. The molecule has 0 saturated carbocycles. The standard InChI is InChI=1S/C16H18N2O2S/c1-11(13-6-4-3-5-7-13)10-17-16(20)14-8-9-15(21-14)18-12(2)19/h3-9,11H,10H2,1-2H3,(H,17,20)(H,18,19)/t11-/m1/s1. The van der Waals surface area contributed by atoms with E-state index in [0.717, 1.165) is 0 Å². The zero-order valence-electron chi connectivity index (χ0n) is 12.1. The zero-order chi connectivity index (χ0) is 15.2. The van der Waals surface area contributed by atoms with Crippen molar-refractivity contribution in [2.45, 2.75) is 19.8 Å². The predicted octanol–water partition coefficient (Wildman–Crippen LogP) is 3.24. The van der Waals surface area contributed by atoms with Crippen LogP contribution in [0.1, 0.15) is 35.0 Å². The number of carbonyl (C=O) groups excluding carboxylic acids is 2. The van der Waals surface area contributed by atoms with Crippen LogP contribution < -0.4 is 10.6 Å². The molecule has 0 radical (unpaired) electrons. The molecule has 0 unspecified atom stereocenters. The first-order valence-corrected chi connectivity index (χ1v) is 7.58. The maximum absolute atomic E-state index is 12.1. The van der Waals surface area contributed by atoms with Crippen LogP contribution in [-0.2, 0) is 4.79 Å². The Balaban J connectivity index is 1.90. The fourth-order valence-electron chi connectivity index (χ4n) is 1.93. The molecule has 0 aliphatic rings. The van der Waals surface area contributed by atoms with Gasteiger partial charge in [0.25, 0.3) is 5.91 Å². The van der Waals surface area contributed by atoms with Gasteiger partial charge in [0.2, 0.25) is 5.91 Å². The molecule has 5 heteroatoms. The lowest BCUT2D eigenvalue weighted by molar-refractivity contribution is -0.114. The lowest BCUT2D eigenvalue weighted by Gasteiger charge is -2.12. The molecule has 0 saturated heterocycles. The minimum atomic E-state index is -0.137.